The predicted octanol–water partition coefficient (Wildman–Crippen LogP) is 2.32. The van der Waals surface area contributed by atoms with E-state index in [1.54, 1.807) is 19.1 Å². The molecule has 0 fully saturated rings. The van der Waals surface area contributed by atoms with E-state index in [2.05, 4.69) is 5.32 Å². The van der Waals surface area contributed by atoms with Crippen molar-refractivity contribution >= 4 is 5.69 Å². The average Bonchev–Trinajstić information content (AvgIpc) is 2.10. The van der Waals surface area contributed by atoms with E-state index in [-0.39, 0.29) is 11.9 Å². The molecule has 0 aromatic heterocycles. The van der Waals surface area contributed by atoms with Gasteiger partial charge in [0.2, 0.25) is 0 Å². The first-order chi connectivity index (χ1) is 6.59. The van der Waals surface area contributed by atoms with Crippen LogP contribution in [-0.2, 0) is 0 Å². The van der Waals surface area contributed by atoms with Crippen molar-refractivity contribution in [2.45, 2.75) is 26.4 Å². The van der Waals surface area contributed by atoms with E-state index in [1.807, 2.05) is 6.92 Å². The second-order valence-corrected chi connectivity index (χ2v) is 3.55. The van der Waals surface area contributed by atoms with Crippen LogP contribution >= 0.6 is 0 Å². The fourth-order valence-corrected chi connectivity index (χ4v) is 1.19. The van der Waals surface area contributed by atoms with E-state index in [4.69, 9.17) is 5.11 Å². The molecular weight excluding hydrogens is 181 g/mol. The van der Waals surface area contributed by atoms with Gasteiger partial charge in [-0.3, -0.25) is 0 Å². The van der Waals surface area contributed by atoms with Crippen molar-refractivity contribution < 1.29 is 9.50 Å². The highest BCUT2D eigenvalue weighted by molar-refractivity contribution is 5.46. The summed E-state index contributed by atoms with van der Waals surface area (Å²) >= 11 is 0. The molecule has 0 radical (unpaired) electrons. The lowest BCUT2D eigenvalue weighted by Crippen LogP contribution is -2.10. The molecule has 0 spiro atoms. The van der Waals surface area contributed by atoms with Gasteiger partial charge in [0, 0.05) is 6.54 Å². The molecule has 2 nitrogen and oxygen atoms in total. The quantitative estimate of drug-likeness (QED) is 0.776. The van der Waals surface area contributed by atoms with Crippen LogP contribution in [0.15, 0.2) is 18.2 Å². The van der Waals surface area contributed by atoms with Crippen molar-refractivity contribution in [2.24, 2.45) is 0 Å². The summed E-state index contributed by atoms with van der Waals surface area (Å²) < 4.78 is 13.2. The van der Waals surface area contributed by atoms with E-state index in [9.17, 15) is 4.39 Å². The molecule has 0 aliphatic rings. The SMILES string of the molecule is Cc1ccc(F)c(NCCC(C)O)c1. The molecule has 3 heteroatoms. The van der Waals surface area contributed by atoms with Crippen LogP contribution in [0, 0.1) is 12.7 Å². The van der Waals surface area contributed by atoms with Gasteiger partial charge in [-0.2, -0.15) is 0 Å². The molecule has 0 heterocycles. The Bertz CT molecular complexity index is 299. The van der Waals surface area contributed by atoms with Crippen LogP contribution in [0.3, 0.4) is 0 Å². The summed E-state index contributed by atoms with van der Waals surface area (Å²) in [6.07, 6.45) is 0.267. The number of nitrogens with one attached hydrogen (secondary N) is 1. The molecule has 1 aromatic rings. The first-order valence-corrected chi connectivity index (χ1v) is 4.77. The lowest BCUT2D eigenvalue weighted by atomic mass is 10.2. The Hall–Kier alpha value is -1.09. The van der Waals surface area contributed by atoms with Crippen molar-refractivity contribution in [3.8, 4) is 0 Å². The van der Waals surface area contributed by atoms with E-state index < -0.39 is 0 Å². The Balaban J connectivity index is 2.53. The monoisotopic (exact) mass is 197 g/mol. The van der Waals surface area contributed by atoms with Crippen molar-refractivity contribution in [2.75, 3.05) is 11.9 Å². The number of anilines is 1. The summed E-state index contributed by atoms with van der Waals surface area (Å²) in [6, 6.07) is 4.94. The van der Waals surface area contributed by atoms with Gasteiger partial charge < -0.3 is 10.4 Å². The predicted molar refractivity (Wildman–Crippen MR) is 55.9 cm³/mol. The fraction of sp³-hybridized carbons (Fsp3) is 0.455. The third kappa shape index (κ3) is 3.34. The highest BCUT2D eigenvalue weighted by Crippen LogP contribution is 2.15. The minimum absolute atomic E-state index is 0.249. The van der Waals surface area contributed by atoms with E-state index in [1.165, 1.54) is 6.07 Å². The van der Waals surface area contributed by atoms with Crippen molar-refractivity contribution in [1.82, 2.24) is 0 Å². The number of hydrogen-bond acceptors (Lipinski definition) is 2. The van der Waals surface area contributed by atoms with Gasteiger partial charge >= 0.3 is 0 Å². The molecule has 1 atom stereocenters. The van der Waals surface area contributed by atoms with Crippen molar-refractivity contribution in [3.05, 3.63) is 29.6 Å². The molecule has 14 heavy (non-hydrogen) atoms. The molecule has 1 rings (SSSR count). The van der Waals surface area contributed by atoms with Crippen molar-refractivity contribution in [1.29, 1.82) is 0 Å². The van der Waals surface area contributed by atoms with Crippen LogP contribution in [-0.4, -0.2) is 17.8 Å². The lowest BCUT2D eigenvalue weighted by Gasteiger charge is -2.09. The van der Waals surface area contributed by atoms with Gasteiger partial charge in [-0.05, 0) is 38.0 Å². The maximum atomic E-state index is 13.2. The molecule has 78 valence electrons. The standard InChI is InChI=1S/C11H16FNO/c1-8-3-4-10(12)11(7-8)13-6-5-9(2)14/h3-4,7,9,13-14H,5-6H2,1-2H3. The number of benzene rings is 1. The largest absolute Gasteiger partial charge is 0.393 e. The van der Waals surface area contributed by atoms with E-state index in [0.717, 1.165) is 5.56 Å². The van der Waals surface area contributed by atoms with Crippen molar-refractivity contribution in [3.63, 3.8) is 0 Å². The van der Waals surface area contributed by atoms with Gasteiger partial charge in [-0.25, -0.2) is 4.39 Å². The zero-order chi connectivity index (χ0) is 10.6. The molecule has 0 saturated heterocycles. The number of aryl methyl sites for hydroxylation is 1. The first-order valence-electron chi connectivity index (χ1n) is 4.77. The van der Waals surface area contributed by atoms with Gasteiger partial charge in [-0.15, -0.1) is 0 Å². The highest BCUT2D eigenvalue weighted by atomic mass is 19.1. The van der Waals surface area contributed by atoms with Gasteiger partial charge in [0.15, 0.2) is 0 Å². The molecule has 1 unspecified atom stereocenters. The smallest absolute Gasteiger partial charge is 0.146 e. The molecule has 0 saturated carbocycles. The number of aliphatic hydroxyl groups is 1. The minimum Gasteiger partial charge on any atom is -0.393 e. The van der Waals surface area contributed by atoms with Crippen LogP contribution in [0.5, 0.6) is 0 Å². The van der Waals surface area contributed by atoms with Gasteiger partial charge in [0.05, 0.1) is 11.8 Å². The topological polar surface area (TPSA) is 32.3 Å². The zero-order valence-electron chi connectivity index (χ0n) is 8.55. The summed E-state index contributed by atoms with van der Waals surface area (Å²) in [5.41, 5.74) is 1.52. The summed E-state index contributed by atoms with van der Waals surface area (Å²) in [5, 5.41) is 12.0. The Morgan fingerprint density at radius 1 is 1.50 bits per heavy atom. The Morgan fingerprint density at radius 3 is 2.86 bits per heavy atom. The summed E-state index contributed by atoms with van der Waals surface area (Å²) in [6.45, 7) is 4.21. The van der Waals surface area contributed by atoms with Gasteiger partial charge in [0.1, 0.15) is 5.82 Å². The summed E-state index contributed by atoms with van der Waals surface area (Å²) in [5.74, 6) is -0.249. The average molecular weight is 197 g/mol. The van der Waals surface area contributed by atoms with Crippen LogP contribution < -0.4 is 5.32 Å². The third-order valence-electron chi connectivity index (χ3n) is 2.00. The first kappa shape index (κ1) is 11.0. The summed E-state index contributed by atoms with van der Waals surface area (Å²) in [4.78, 5) is 0. The molecule has 0 aliphatic heterocycles. The van der Waals surface area contributed by atoms with Gasteiger partial charge in [-0.1, -0.05) is 6.07 Å². The Morgan fingerprint density at radius 2 is 2.21 bits per heavy atom. The van der Waals surface area contributed by atoms with Crippen LogP contribution in [0.1, 0.15) is 18.9 Å². The second-order valence-electron chi connectivity index (χ2n) is 3.55. The number of rotatable bonds is 4. The number of halogens is 1. The number of hydrogen-bond donors (Lipinski definition) is 2. The van der Waals surface area contributed by atoms with Crippen LogP contribution in [0.2, 0.25) is 0 Å². The van der Waals surface area contributed by atoms with E-state index in [0.29, 0.717) is 18.7 Å². The third-order valence-corrected chi connectivity index (χ3v) is 2.00. The minimum atomic E-state index is -0.352. The van der Waals surface area contributed by atoms with Crippen LogP contribution in [0.25, 0.3) is 0 Å². The zero-order valence-corrected chi connectivity index (χ0v) is 8.55. The van der Waals surface area contributed by atoms with Crippen LogP contribution in [0.4, 0.5) is 10.1 Å². The molecule has 0 amide bonds. The molecule has 0 aliphatic carbocycles. The normalized spacial score (nSPS) is 12.6. The maximum absolute atomic E-state index is 13.2. The molecule has 1 aromatic carbocycles. The Kier molecular flexibility index (Phi) is 3.89. The maximum Gasteiger partial charge on any atom is 0.146 e. The Labute approximate surface area is 83.8 Å². The molecular formula is C11H16FNO. The van der Waals surface area contributed by atoms with Gasteiger partial charge in [0.25, 0.3) is 0 Å². The lowest BCUT2D eigenvalue weighted by molar-refractivity contribution is 0.188. The second kappa shape index (κ2) is 4.96. The fourth-order valence-electron chi connectivity index (χ4n) is 1.19. The molecule has 0 bridgehead atoms. The number of aliphatic hydroxyl groups excluding tert-OH is 1. The molecule has 2 N–H and O–H groups in total. The highest BCUT2D eigenvalue weighted by Gasteiger charge is 2.01. The summed E-state index contributed by atoms with van der Waals surface area (Å²) in [7, 11) is 0. The van der Waals surface area contributed by atoms with E-state index >= 15 is 0 Å².